The monoisotopic (exact) mass is 395 g/mol. The minimum atomic E-state index is -2.93. The van der Waals surface area contributed by atoms with Crippen LogP contribution in [0, 0.1) is 12.7 Å². The smallest absolute Gasteiger partial charge is 0.387 e. The van der Waals surface area contributed by atoms with Crippen LogP contribution in [-0.2, 0) is 13.0 Å². The maximum atomic E-state index is 13.2. The third-order valence-electron chi connectivity index (χ3n) is 4.12. The molecule has 2 N–H and O–H groups in total. The van der Waals surface area contributed by atoms with E-state index in [1.54, 1.807) is 25.2 Å². The fourth-order valence-electron chi connectivity index (χ4n) is 2.68. The molecule has 0 bridgehead atoms. The van der Waals surface area contributed by atoms with Crippen molar-refractivity contribution in [3.05, 3.63) is 58.9 Å². The van der Waals surface area contributed by atoms with Crippen molar-refractivity contribution in [2.75, 3.05) is 20.7 Å². The number of aryl methyl sites for hydroxylation is 1. The first-order chi connectivity index (χ1) is 13.4. The molecular formula is C20H24F3N3O2. The van der Waals surface area contributed by atoms with Crippen molar-refractivity contribution >= 4 is 5.96 Å². The Bertz CT molecular complexity index is 813. The molecule has 0 heterocycles. The molecule has 0 aliphatic carbocycles. The molecule has 0 fully saturated rings. The van der Waals surface area contributed by atoms with E-state index in [1.165, 1.54) is 25.3 Å². The molecule has 152 valence electrons. The van der Waals surface area contributed by atoms with E-state index >= 15 is 0 Å². The van der Waals surface area contributed by atoms with E-state index in [-0.39, 0.29) is 17.3 Å². The highest BCUT2D eigenvalue weighted by atomic mass is 19.3. The molecule has 0 aliphatic heterocycles. The van der Waals surface area contributed by atoms with E-state index in [0.29, 0.717) is 25.5 Å². The van der Waals surface area contributed by atoms with Gasteiger partial charge in [0, 0.05) is 20.1 Å². The average Bonchev–Trinajstić information content (AvgIpc) is 2.65. The lowest BCUT2D eigenvalue weighted by Crippen LogP contribution is -2.37. The van der Waals surface area contributed by atoms with Gasteiger partial charge in [-0.2, -0.15) is 8.78 Å². The standard InChI is InChI=1S/C20H24F3N3O2/c1-13-10-16(21)6-5-15(13)8-9-25-20(24-2)26-12-14-4-7-17(27-3)18(11-14)28-19(22)23/h4-7,10-11,19H,8-9,12H2,1-3H3,(H2,24,25,26). The molecule has 0 aromatic heterocycles. The molecule has 0 aliphatic rings. The number of nitrogens with zero attached hydrogens (tertiary/aromatic N) is 1. The molecule has 0 spiro atoms. The van der Waals surface area contributed by atoms with E-state index in [4.69, 9.17) is 4.74 Å². The quantitative estimate of drug-likeness (QED) is 0.529. The predicted octanol–water partition coefficient (Wildman–Crippen LogP) is 3.65. The van der Waals surface area contributed by atoms with Gasteiger partial charge < -0.3 is 20.1 Å². The highest BCUT2D eigenvalue weighted by molar-refractivity contribution is 5.79. The van der Waals surface area contributed by atoms with E-state index < -0.39 is 6.61 Å². The Kier molecular flexibility index (Phi) is 7.98. The number of hydrogen-bond acceptors (Lipinski definition) is 3. The SMILES string of the molecule is CN=C(NCCc1ccc(F)cc1C)NCc1ccc(OC)c(OC(F)F)c1. The van der Waals surface area contributed by atoms with Gasteiger partial charge in [-0.25, -0.2) is 4.39 Å². The minimum Gasteiger partial charge on any atom is -0.493 e. The second-order valence-electron chi connectivity index (χ2n) is 6.04. The first-order valence-electron chi connectivity index (χ1n) is 8.74. The van der Waals surface area contributed by atoms with Crippen molar-refractivity contribution < 1.29 is 22.6 Å². The van der Waals surface area contributed by atoms with Crippen LogP contribution in [0.25, 0.3) is 0 Å². The van der Waals surface area contributed by atoms with Crippen LogP contribution >= 0.6 is 0 Å². The molecule has 0 unspecified atom stereocenters. The van der Waals surface area contributed by atoms with E-state index in [9.17, 15) is 13.2 Å². The van der Waals surface area contributed by atoms with Crippen molar-refractivity contribution in [1.29, 1.82) is 0 Å². The van der Waals surface area contributed by atoms with Crippen LogP contribution in [-0.4, -0.2) is 33.3 Å². The summed E-state index contributed by atoms with van der Waals surface area (Å²) in [4.78, 5) is 4.13. The molecule has 2 aromatic rings. The Labute approximate surface area is 162 Å². The first kappa shape index (κ1) is 21.4. The van der Waals surface area contributed by atoms with Crippen molar-refractivity contribution in [3.63, 3.8) is 0 Å². The van der Waals surface area contributed by atoms with E-state index in [0.717, 1.165) is 16.7 Å². The van der Waals surface area contributed by atoms with Gasteiger partial charge in [-0.15, -0.1) is 0 Å². The summed E-state index contributed by atoms with van der Waals surface area (Å²) in [5, 5.41) is 6.28. The molecule has 0 radical (unpaired) electrons. The van der Waals surface area contributed by atoms with Crippen molar-refractivity contribution in [1.82, 2.24) is 10.6 Å². The Balaban J connectivity index is 1.89. The number of methoxy groups -OCH3 is 1. The lowest BCUT2D eigenvalue weighted by Gasteiger charge is -2.14. The maximum Gasteiger partial charge on any atom is 0.387 e. The number of guanidine groups is 1. The summed E-state index contributed by atoms with van der Waals surface area (Å²) in [6.07, 6.45) is 0.710. The molecule has 5 nitrogen and oxygen atoms in total. The van der Waals surface area contributed by atoms with Gasteiger partial charge in [0.2, 0.25) is 0 Å². The summed E-state index contributed by atoms with van der Waals surface area (Å²) < 4.78 is 47.7. The Morgan fingerprint density at radius 3 is 2.54 bits per heavy atom. The second kappa shape index (κ2) is 10.4. The molecule has 2 rings (SSSR count). The second-order valence-corrected chi connectivity index (χ2v) is 6.04. The van der Waals surface area contributed by atoms with Gasteiger partial charge >= 0.3 is 6.61 Å². The summed E-state index contributed by atoms with van der Waals surface area (Å²) in [6, 6.07) is 9.53. The average molecular weight is 395 g/mol. The van der Waals surface area contributed by atoms with Crippen LogP contribution < -0.4 is 20.1 Å². The van der Waals surface area contributed by atoms with Gasteiger partial charge in [-0.3, -0.25) is 4.99 Å². The van der Waals surface area contributed by atoms with Crippen LogP contribution in [0.4, 0.5) is 13.2 Å². The van der Waals surface area contributed by atoms with Crippen molar-refractivity contribution in [3.8, 4) is 11.5 Å². The fraction of sp³-hybridized carbons (Fsp3) is 0.350. The summed E-state index contributed by atoms with van der Waals surface area (Å²) in [5.74, 6) is 0.529. The van der Waals surface area contributed by atoms with Gasteiger partial charge in [0.25, 0.3) is 0 Å². The number of aliphatic imine (C=N–C) groups is 1. The number of nitrogens with one attached hydrogen (secondary N) is 2. The molecule has 28 heavy (non-hydrogen) atoms. The summed E-state index contributed by atoms with van der Waals surface area (Å²) in [6.45, 7) is -0.0943. The van der Waals surface area contributed by atoms with Gasteiger partial charge in [0.15, 0.2) is 17.5 Å². The molecule has 0 saturated carbocycles. The first-order valence-corrected chi connectivity index (χ1v) is 8.74. The number of hydrogen-bond donors (Lipinski definition) is 2. The molecule has 0 saturated heterocycles. The lowest BCUT2D eigenvalue weighted by molar-refractivity contribution is -0.0512. The van der Waals surface area contributed by atoms with Gasteiger partial charge in [-0.1, -0.05) is 12.1 Å². The predicted molar refractivity (Wildman–Crippen MR) is 103 cm³/mol. The zero-order valence-corrected chi connectivity index (χ0v) is 16.1. The molecule has 2 aromatic carbocycles. The number of alkyl halides is 2. The number of benzene rings is 2. The Hall–Kier alpha value is -2.90. The highest BCUT2D eigenvalue weighted by Gasteiger charge is 2.11. The van der Waals surface area contributed by atoms with Gasteiger partial charge in [0.1, 0.15) is 5.82 Å². The van der Waals surface area contributed by atoms with Crippen LogP contribution in [0.2, 0.25) is 0 Å². The largest absolute Gasteiger partial charge is 0.493 e. The minimum absolute atomic E-state index is 0.0217. The van der Waals surface area contributed by atoms with Crippen LogP contribution in [0.1, 0.15) is 16.7 Å². The summed E-state index contributed by atoms with van der Waals surface area (Å²) >= 11 is 0. The summed E-state index contributed by atoms with van der Waals surface area (Å²) in [7, 11) is 3.03. The summed E-state index contributed by atoms with van der Waals surface area (Å²) in [5.41, 5.74) is 2.68. The Morgan fingerprint density at radius 1 is 1.11 bits per heavy atom. The van der Waals surface area contributed by atoms with Crippen LogP contribution in [0.15, 0.2) is 41.4 Å². The topological polar surface area (TPSA) is 54.9 Å². The van der Waals surface area contributed by atoms with Crippen LogP contribution in [0.5, 0.6) is 11.5 Å². The number of ether oxygens (including phenoxy) is 2. The zero-order valence-electron chi connectivity index (χ0n) is 16.1. The normalized spacial score (nSPS) is 11.5. The van der Waals surface area contributed by atoms with E-state index in [1.807, 2.05) is 6.92 Å². The fourth-order valence-corrected chi connectivity index (χ4v) is 2.68. The maximum absolute atomic E-state index is 13.2. The molecule has 0 atom stereocenters. The third-order valence-corrected chi connectivity index (χ3v) is 4.12. The number of rotatable bonds is 8. The van der Waals surface area contributed by atoms with Gasteiger partial charge in [-0.05, 0) is 54.3 Å². The lowest BCUT2D eigenvalue weighted by atomic mass is 10.1. The van der Waals surface area contributed by atoms with Crippen molar-refractivity contribution in [2.24, 2.45) is 4.99 Å². The van der Waals surface area contributed by atoms with E-state index in [2.05, 4.69) is 20.4 Å². The zero-order chi connectivity index (χ0) is 20.5. The molecule has 0 amide bonds. The van der Waals surface area contributed by atoms with Crippen LogP contribution in [0.3, 0.4) is 0 Å². The highest BCUT2D eigenvalue weighted by Crippen LogP contribution is 2.29. The van der Waals surface area contributed by atoms with Crippen molar-refractivity contribution in [2.45, 2.75) is 26.5 Å². The van der Waals surface area contributed by atoms with Gasteiger partial charge in [0.05, 0.1) is 7.11 Å². The molecule has 8 heteroatoms. The molecular weight excluding hydrogens is 371 g/mol. The number of halogens is 3. The third kappa shape index (κ3) is 6.37. The Morgan fingerprint density at radius 2 is 1.89 bits per heavy atom.